The zero-order valence-corrected chi connectivity index (χ0v) is 17.7. The third kappa shape index (κ3) is 4.36. The molecule has 1 amide bonds. The summed E-state index contributed by atoms with van der Waals surface area (Å²) in [5.41, 5.74) is -0.146. The van der Waals surface area contributed by atoms with Gasteiger partial charge in [0.25, 0.3) is 5.91 Å². The van der Waals surface area contributed by atoms with Gasteiger partial charge in [0.15, 0.2) is 0 Å². The van der Waals surface area contributed by atoms with Crippen LogP contribution in [0.15, 0.2) is 27.8 Å². The van der Waals surface area contributed by atoms with Crippen molar-refractivity contribution in [3.8, 4) is 5.75 Å². The Morgan fingerprint density at radius 3 is 2.48 bits per heavy atom. The Bertz CT molecular complexity index is 930. The SMILES string of the molecule is O=C(c1c(O)c(Cl)cc(Cl)c1Cl)N1CCC(NS(=O)(=O)c2cccs2)CC1. The number of sulfonamides is 1. The van der Waals surface area contributed by atoms with Crippen LogP contribution in [0.25, 0.3) is 0 Å². The predicted octanol–water partition coefficient (Wildman–Crippen LogP) is 4.00. The van der Waals surface area contributed by atoms with Gasteiger partial charge in [0.1, 0.15) is 15.5 Å². The van der Waals surface area contributed by atoms with E-state index in [-0.39, 0.29) is 30.9 Å². The molecule has 3 rings (SSSR count). The van der Waals surface area contributed by atoms with Crippen LogP contribution in [-0.2, 0) is 10.0 Å². The molecule has 0 saturated carbocycles. The minimum absolute atomic E-state index is 0.0636. The maximum atomic E-state index is 12.8. The molecule has 146 valence electrons. The lowest BCUT2D eigenvalue weighted by Gasteiger charge is -2.32. The molecule has 0 spiro atoms. The van der Waals surface area contributed by atoms with Crippen LogP contribution in [0.5, 0.6) is 5.75 Å². The van der Waals surface area contributed by atoms with Crippen LogP contribution in [0, 0.1) is 0 Å². The highest BCUT2D eigenvalue weighted by atomic mass is 35.5. The number of carbonyl (C=O) groups is 1. The molecule has 2 heterocycles. The van der Waals surface area contributed by atoms with Crippen molar-refractivity contribution < 1.29 is 18.3 Å². The predicted molar refractivity (Wildman–Crippen MR) is 107 cm³/mol. The van der Waals surface area contributed by atoms with Gasteiger partial charge in [-0.25, -0.2) is 13.1 Å². The highest BCUT2D eigenvalue weighted by Gasteiger charge is 2.30. The fourth-order valence-corrected chi connectivity index (χ4v) is 5.84. The minimum Gasteiger partial charge on any atom is -0.505 e. The number of phenols is 1. The Morgan fingerprint density at radius 2 is 1.89 bits per heavy atom. The number of amides is 1. The third-order valence-electron chi connectivity index (χ3n) is 4.22. The maximum absolute atomic E-state index is 12.8. The Labute approximate surface area is 175 Å². The van der Waals surface area contributed by atoms with Crippen molar-refractivity contribution >= 4 is 62.1 Å². The van der Waals surface area contributed by atoms with Gasteiger partial charge in [-0.1, -0.05) is 40.9 Å². The highest BCUT2D eigenvalue weighted by Crippen LogP contribution is 2.39. The first-order chi connectivity index (χ1) is 12.7. The average molecular weight is 470 g/mol. The van der Waals surface area contributed by atoms with E-state index in [4.69, 9.17) is 34.8 Å². The summed E-state index contributed by atoms with van der Waals surface area (Å²) in [5.74, 6) is -0.918. The van der Waals surface area contributed by atoms with Gasteiger partial charge in [0.2, 0.25) is 10.0 Å². The molecule has 0 aliphatic carbocycles. The van der Waals surface area contributed by atoms with E-state index >= 15 is 0 Å². The molecule has 1 aliphatic heterocycles. The molecule has 27 heavy (non-hydrogen) atoms. The molecule has 2 aromatic rings. The molecule has 0 bridgehead atoms. The summed E-state index contributed by atoms with van der Waals surface area (Å²) in [4.78, 5) is 14.2. The molecule has 0 atom stereocenters. The van der Waals surface area contributed by atoms with Crippen molar-refractivity contribution in [2.75, 3.05) is 13.1 Å². The van der Waals surface area contributed by atoms with Crippen LogP contribution in [0.3, 0.4) is 0 Å². The lowest BCUT2D eigenvalue weighted by Crippen LogP contribution is -2.46. The number of rotatable bonds is 4. The zero-order valence-electron chi connectivity index (χ0n) is 13.8. The number of nitrogens with one attached hydrogen (secondary N) is 1. The van der Waals surface area contributed by atoms with E-state index in [1.165, 1.54) is 11.0 Å². The largest absolute Gasteiger partial charge is 0.505 e. The van der Waals surface area contributed by atoms with Gasteiger partial charge in [-0.15, -0.1) is 11.3 Å². The summed E-state index contributed by atoms with van der Waals surface area (Å²) < 4.78 is 27.5. The summed E-state index contributed by atoms with van der Waals surface area (Å²) in [7, 11) is -3.56. The summed E-state index contributed by atoms with van der Waals surface area (Å²) in [6.45, 7) is 0.604. The molecule has 0 radical (unpaired) electrons. The molecule has 1 aromatic heterocycles. The molecular weight excluding hydrogens is 455 g/mol. The van der Waals surface area contributed by atoms with E-state index in [0.29, 0.717) is 25.9 Å². The van der Waals surface area contributed by atoms with Crippen molar-refractivity contribution in [3.63, 3.8) is 0 Å². The first-order valence-electron chi connectivity index (χ1n) is 7.92. The van der Waals surface area contributed by atoms with Gasteiger partial charge in [-0.2, -0.15) is 0 Å². The zero-order chi connectivity index (χ0) is 19.8. The molecule has 1 aromatic carbocycles. The van der Waals surface area contributed by atoms with Gasteiger partial charge < -0.3 is 10.0 Å². The van der Waals surface area contributed by atoms with Gasteiger partial charge in [0.05, 0.1) is 15.1 Å². The second-order valence-corrected chi connectivity index (χ2v) is 10.1. The van der Waals surface area contributed by atoms with E-state index in [1.54, 1.807) is 17.5 Å². The quantitative estimate of drug-likeness (QED) is 0.663. The number of halogens is 3. The number of thiophene rings is 1. The van der Waals surface area contributed by atoms with Gasteiger partial charge in [-0.3, -0.25) is 4.79 Å². The first-order valence-corrected chi connectivity index (χ1v) is 11.4. The number of phenolic OH excluding ortho intramolecular Hbond substituents is 1. The minimum atomic E-state index is -3.56. The number of piperidine rings is 1. The van der Waals surface area contributed by atoms with Gasteiger partial charge in [-0.05, 0) is 30.4 Å². The normalized spacial score (nSPS) is 15.9. The topological polar surface area (TPSA) is 86.7 Å². The lowest BCUT2D eigenvalue weighted by molar-refractivity contribution is 0.0708. The van der Waals surface area contributed by atoms with E-state index in [9.17, 15) is 18.3 Å². The lowest BCUT2D eigenvalue weighted by atomic mass is 10.0. The van der Waals surface area contributed by atoms with Crippen LogP contribution in [0.2, 0.25) is 15.1 Å². The van der Waals surface area contributed by atoms with E-state index in [0.717, 1.165) is 11.3 Å². The Balaban J connectivity index is 1.69. The monoisotopic (exact) mass is 468 g/mol. The molecule has 1 aliphatic rings. The number of carbonyl (C=O) groups excluding carboxylic acids is 1. The summed E-state index contributed by atoms with van der Waals surface area (Å²) in [6.07, 6.45) is 0.867. The maximum Gasteiger partial charge on any atom is 0.259 e. The van der Waals surface area contributed by atoms with Crippen LogP contribution in [0.4, 0.5) is 0 Å². The molecular formula is C16H15Cl3N2O4S2. The molecule has 1 fully saturated rings. The Kier molecular flexibility index (Phi) is 6.24. The van der Waals surface area contributed by atoms with Crippen molar-refractivity contribution in [2.45, 2.75) is 23.1 Å². The summed E-state index contributed by atoms with van der Waals surface area (Å²) in [5, 5.41) is 11.7. The average Bonchev–Trinajstić information content (AvgIpc) is 3.16. The highest BCUT2D eigenvalue weighted by molar-refractivity contribution is 7.91. The second kappa shape index (κ2) is 8.14. The van der Waals surface area contributed by atoms with Crippen molar-refractivity contribution in [2.24, 2.45) is 0 Å². The molecule has 6 nitrogen and oxygen atoms in total. The van der Waals surface area contributed by atoms with Gasteiger partial charge in [0, 0.05) is 19.1 Å². The molecule has 2 N–H and O–H groups in total. The van der Waals surface area contributed by atoms with Crippen molar-refractivity contribution in [3.05, 3.63) is 44.2 Å². The standard InChI is InChI=1S/C16H15Cl3N2O4S2/c17-10-8-11(18)15(22)13(14(10)19)16(23)21-5-3-9(4-6-21)20-27(24,25)12-2-1-7-26-12/h1-2,7-9,20,22H,3-6H2. The van der Waals surface area contributed by atoms with Gasteiger partial charge >= 0.3 is 0 Å². The first kappa shape index (κ1) is 20.7. The van der Waals surface area contributed by atoms with E-state index in [2.05, 4.69) is 4.72 Å². The number of hydrogen-bond acceptors (Lipinski definition) is 5. The number of nitrogens with zero attached hydrogens (tertiary/aromatic N) is 1. The van der Waals surface area contributed by atoms with Crippen LogP contribution >= 0.6 is 46.1 Å². The summed E-state index contributed by atoms with van der Waals surface area (Å²) >= 11 is 19.0. The van der Waals surface area contributed by atoms with E-state index < -0.39 is 21.7 Å². The van der Waals surface area contributed by atoms with Crippen molar-refractivity contribution in [1.82, 2.24) is 9.62 Å². The summed E-state index contributed by atoms with van der Waals surface area (Å²) in [6, 6.07) is 4.20. The van der Waals surface area contributed by atoms with Crippen LogP contribution in [-0.4, -0.2) is 43.5 Å². The Morgan fingerprint density at radius 1 is 1.22 bits per heavy atom. The Hall–Kier alpha value is -1.03. The fraction of sp³-hybridized carbons (Fsp3) is 0.312. The number of hydrogen-bond donors (Lipinski definition) is 2. The van der Waals surface area contributed by atoms with E-state index in [1.807, 2.05) is 0 Å². The van der Waals surface area contributed by atoms with Crippen LogP contribution < -0.4 is 4.72 Å². The molecule has 1 saturated heterocycles. The molecule has 0 unspecified atom stereocenters. The smallest absolute Gasteiger partial charge is 0.259 e. The van der Waals surface area contributed by atoms with Crippen LogP contribution in [0.1, 0.15) is 23.2 Å². The third-order valence-corrected chi connectivity index (χ3v) is 8.22. The van der Waals surface area contributed by atoms with Crippen molar-refractivity contribution in [1.29, 1.82) is 0 Å². The molecule has 11 heteroatoms. The number of likely N-dealkylation sites (tertiary alicyclic amines) is 1. The fourth-order valence-electron chi connectivity index (χ4n) is 2.83. The number of benzene rings is 1. The second-order valence-electron chi connectivity index (χ2n) is 6.00. The number of aromatic hydroxyl groups is 1.